The Kier molecular flexibility index (Phi) is 16.6. The number of benzene rings is 1. The molecule has 1 aromatic rings. The molecule has 0 radical (unpaired) electrons. The van der Waals surface area contributed by atoms with Crippen LogP contribution in [0.2, 0.25) is 0 Å². The van der Waals surface area contributed by atoms with Crippen LogP contribution in [0.3, 0.4) is 0 Å². The van der Waals surface area contributed by atoms with Crippen LogP contribution < -0.4 is 5.32 Å². The Hall–Kier alpha value is -3.94. The van der Waals surface area contributed by atoms with Crippen molar-refractivity contribution in [3.63, 3.8) is 0 Å². The summed E-state index contributed by atoms with van der Waals surface area (Å²) in [6.07, 6.45) is 1.12. The Balaban J connectivity index is 1.68. The van der Waals surface area contributed by atoms with Crippen LogP contribution in [-0.2, 0) is 24.0 Å². The van der Waals surface area contributed by atoms with Crippen LogP contribution in [0, 0.1) is 17.8 Å². The summed E-state index contributed by atoms with van der Waals surface area (Å²) in [7, 11) is -1.65. The maximum Gasteiger partial charge on any atom is 0.475 e. The number of hydrogen-bond acceptors (Lipinski definition) is 12. The zero-order chi connectivity index (χ0) is 38.5. The van der Waals surface area contributed by atoms with E-state index in [1.54, 1.807) is 50.8 Å². The molecule has 0 aromatic heterocycles. The molecule has 2 fully saturated rings. The van der Waals surface area contributed by atoms with Gasteiger partial charge in [-0.25, -0.2) is 0 Å². The van der Waals surface area contributed by atoms with Gasteiger partial charge in [-0.2, -0.15) is 0 Å². The van der Waals surface area contributed by atoms with Crippen LogP contribution in [0.25, 0.3) is 0 Å². The van der Waals surface area contributed by atoms with Gasteiger partial charge in [-0.1, -0.05) is 20.8 Å². The number of Topliss-reactive ketones (excluding diaryl/α,β-unsaturated/α-hetero) is 1. The summed E-state index contributed by atoms with van der Waals surface area (Å²) in [6.45, 7) is 7.08. The van der Waals surface area contributed by atoms with Crippen molar-refractivity contribution in [3.8, 4) is 0 Å². The number of rotatable bonds is 15. The van der Waals surface area contributed by atoms with Crippen LogP contribution in [0.5, 0.6) is 0 Å². The number of carbonyl (C=O) groups is 6. The lowest BCUT2D eigenvalue weighted by Gasteiger charge is -2.32. The molecule has 18 heteroatoms. The van der Waals surface area contributed by atoms with Gasteiger partial charge in [0.2, 0.25) is 11.8 Å². The van der Waals surface area contributed by atoms with E-state index in [9.17, 15) is 54.1 Å². The summed E-state index contributed by atoms with van der Waals surface area (Å²) < 4.78 is 0. The number of nitrogens with one attached hydrogen (secondary N) is 1. The second-order valence-electron chi connectivity index (χ2n) is 14.0. The molecule has 3 atom stereocenters. The van der Waals surface area contributed by atoms with E-state index in [1.807, 2.05) is 13.8 Å². The summed E-state index contributed by atoms with van der Waals surface area (Å²) in [6, 6.07) is 6.35. The van der Waals surface area contributed by atoms with Crippen molar-refractivity contribution in [1.29, 1.82) is 0 Å². The third-order valence-corrected chi connectivity index (χ3v) is 9.70. The van der Waals surface area contributed by atoms with Crippen LogP contribution in [-0.4, -0.2) is 184 Å². The average Bonchev–Trinajstić information content (AvgIpc) is 3.56. The Morgan fingerprint density at radius 2 is 1.12 bits per heavy atom. The molecule has 17 nitrogen and oxygen atoms in total. The number of carboxylic acid groups (broad SMARTS) is 3. The summed E-state index contributed by atoms with van der Waals surface area (Å²) in [4.78, 5) is 83.1. The molecule has 52 heavy (non-hydrogen) atoms. The van der Waals surface area contributed by atoms with Gasteiger partial charge in [-0.15, -0.1) is 0 Å². The fourth-order valence-corrected chi connectivity index (χ4v) is 7.00. The van der Waals surface area contributed by atoms with Crippen molar-refractivity contribution in [2.75, 3.05) is 90.4 Å². The first-order valence-corrected chi connectivity index (χ1v) is 17.7. The van der Waals surface area contributed by atoms with E-state index in [0.29, 0.717) is 30.6 Å². The van der Waals surface area contributed by atoms with Gasteiger partial charge in [0, 0.05) is 82.0 Å². The SMILES string of the molecule is CC(C)[C@H](C(=O)c1ccc(NC(=O)CN2CCN(CC(=O)O)CCN(CC(=O)O)CCN(CC(=O)O)CC2)cc1)[C@H](C)C(=O)N1CCC[C@H]1B(O)O. The molecule has 1 aromatic carbocycles. The zero-order valence-corrected chi connectivity index (χ0v) is 30.2. The predicted octanol–water partition coefficient (Wildman–Crippen LogP) is -0.805. The zero-order valence-electron chi connectivity index (χ0n) is 30.2. The summed E-state index contributed by atoms with van der Waals surface area (Å²) in [5.41, 5.74) is 0.787. The van der Waals surface area contributed by atoms with Crippen molar-refractivity contribution >= 4 is 48.3 Å². The first-order chi connectivity index (χ1) is 24.5. The largest absolute Gasteiger partial charge is 0.480 e. The van der Waals surface area contributed by atoms with Crippen molar-refractivity contribution < 1.29 is 54.1 Å². The van der Waals surface area contributed by atoms with E-state index in [4.69, 9.17) is 0 Å². The highest BCUT2D eigenvalue weighted by Crippen LogP contribution is 2.30. The van der Waals surface area contributed by atoms with Gasteiger partial charge in [0.25, 0.3) is 0 Å². The van der Waals surface area contributed by atoms with Gasteiger partial charge in [-0.3, -0.25) is 48.4 Å². The molecule has 0 aliphatic carbocycles. The minimum Gasteiger partial charge on any atom is -0.480 e. The standard InChI is InChI=1S/C34H53BN6O11/c1-23(2)32(24(3)34(50)41-10-4-5-27(41)35(51)52)33(49)25-6-8-26(9-7-25)36-28(42)19-37-11-13-38(20-29(43)44)15-17-40(22-31(47)48)18-16-39(14-12-37)21-30(45)46/h6-9,23-24,27,32,51-52H,4-5,10-22H2,1-3H3,(H,36,42)(H,43,44)(H,45,46)(H,47,48)/t24-,27-,32-/m0/s1. The lowest BCUT2D eigenvalue weighted by molar-refractivity contribution is -0.140. The monoisotopic (exact) mass is 732 g/mol. The molecule has 2 aliphatic heterocycles. The van der Waals surface area contributed by atoms with Gasteiger partial charge >= 0.3 is 25.0 Å². The summed E-state index contributed by atoms with van der Waals surface area (Å²) in [5.74, 6) is -6.30. The van der Waals surface area contributed by atoms with Gasteiger partial charge < -0.3 is 35.6 Å². The number of anilines is 1. The highest BCUT2D eigenvalue weighted by molar-refractivity contribution is 6.43. The highest BCUT2D eigenvalue weighted by atomic mass is 16.4. The van der Waals surface area contributed by atoms with E-state index in [1.165, 1.54) is 4.90 Å². The maximum absolute atomic E-state index is 13.7. The molecular formula is C34H53BN6O11. The van der Waals surface area contributed by atoms with Gasteiger partial charge in [-0.05, 0) is 43.0 Å². The highest BCUT2D eigenvalue weighted by Gasteiger charge is 2.42. The third kappa shape index (κ3) is 13.2. The van der Waals surface area contributed by atoms with E-state index >= 15 is 0 Å². The van der Waals surface area contributed by atoms with Crippen molar-refractivity contribution in [3.05, 3.63) is 29.8 Å². The first kappa shape index (κ1) is 42.5. The summed E-state index contributed by atoms with van der Waals surface area (Å²) in [5, 5.41) is 50.5. The second-order valence-corrected chi connectivity index (χ2v) is 14.0. The normalized spacial score (nSPS) is 20.0. The number of nitrogens with zero attached hydrogens (tertiary/aromatic N) is 5. The van der Waals surface area contributed by atoms with E-state index in [-0.39, 0.29) is 102 Å². The quantitative estimate of drug-likeness (QED) is 0.0957. The number of aliphatic carboxylic acids is 3. The van der Waals surface area contributed by atoms with Crippen molar-refractivity contribution in [1.82, 2.24) is 24.5 Å². The lowest BCUT2D eigenvalue weighted by atomic mass is 9.75. The molecule has 2 amide bonds. The Morgan fingerprint density at radius 3 is 1.50 bits per heavy atom. The molecule has 0 unspecified atom stereocenters. The maximum atomic E-state index is 13.7. The van der Waals surface area contributed by atoms with E-state index in [2.05, 4.69) is 5.32 Å². The van der Waals surface area contributed by atoms with E-state index in [0.717, 1.165) is 0 Å². The minimum absolute atomic E-state index is 0.0806. The fourth-order valence-electron chi connectivity index (χ4n) is 7.00. The number of hydrogen-bond donors (Lipinski definition) is 6. The van der Waals surface area contributed by atoms with Crippen LogP contribution in [0.4, 0.5) is 5.69 Å². The number of carbonyl (C=O) groups excluding carboxylic acids is 3. The number of amides is 2. The molecule has 3 rings (SSSR count). The number of carboxylic acids is 3. The first-order valence-electron chi connectivity index (χ1n) is 17.7. The average molecular weight is 733 g/mol. The van der Waals surface area contributed by atoms with Crippen molar-refractivity contribution in [2.24, 2.45) is 17.8 Å². The molecule has 0 saturated carbocycles. The lowest BCUT2D eigenvalue weighted by Crippen LogP contribution is -2.49. The molecule has 0 bridgehead atoms. The summed E-state index contributed by atoms with van der Waals surface area (Å²) >= 11 is 0. The molecule has 0 spiro atoms. The molecule has 2 saturated heterocycles. The molecule has 2 aliphatic rings. The van der Waals surface area contributed by atoms with Crippen LogP contribution in [0.15, 0.2) is 24.3 Å². The molecule has 288 valence electrons. The van der Waals surface area contributed by atoms with Crippen LogP contribution >= 0.6 is 0 Å². The number of ketones is 1. The van der Waals surface area contributed by atoms with Gasteiger partial charge in [0.1, 0.15) is 0 Å². The molecule has 6 N–H and O–H groups in total. The van der Waals surface area contributed by atoms with Crippen molar-refractivity contribution in [2.45, 2.75) is 39.6 Å². The second kappa shape index (κ2) is 20.3. The minimum atomic E-state index is -1.65. The third-order valence-electron chi connectivity index (χ3n) is 9.70. The predicted molar refractivity (Wildman–Crippen MR) is 190 cm³/mol. The van der Waals surface area contributed by atoms with Gasteiger partial charge in [0.05, 0.1) is 32.1 Å². The smallest absolute Gasteiger partial charge is 0.475 e. The Morgan fingerprint density at radius 1 is 0.692 bits per heavy atom. The molecular weight excluding hydrogens is 679 g/mol. The number of likely N-dealkylation sites (tertiary alicyclic amines) is 1. The Bertz CT molecular complexity index is 1370. The topological polar surface area (TPSA) is 232 Å². The van der Waals surface area contributed by atoms with Crippen LogP contribution in [0.1, 0.15) is 44.0 Å². The van der Waals surface area contributed by atoms with Gasteiger partial charge in [0.15, 0.2) is 5.78 Å². The van der Waals surface area contributed by atoms with E-state index < -0.39 is 42.8 Å². The molecule has 2 heterocycles. The Labute approximate surface area is 304 Å². The fraction of sp³-hybridized carbons (Fsp3) is 0.647.